The van der Waals surface area contributed by atoms with Crippen molar-refractivity contribution in [2.24, 2.45) is 0 Å². The molecule has 3 nitrogen and oxygen atoms in total. The minimum absolute atomic E-state index is 0.0931. The third-order valence-corrected chi connectivity index (χ3v) is 4.05. The van der Waals surface area contributed by atoms with Gasteiger partial charge in [-0.1, -0.05) is 54.6 Å². The van der Waals surface area contributed by atoms with Gasteiger partial charge in [0.2, 0.25) is 0 Å². The minimum atomic E-state index is -0.0931. The summed E-state index contributed by atoms with van der Waals surface area (Å²) in [5, 5.41) is 6.69. The fraction of sp³-hybridized carbons (Fsp3) is 0.0500. The molecule has 3 aromatic carbocycles. The standard InChI is InChI=1S/C20H16N2O/c23-20-19(12-17-7-3-4-8-18(17)22-20)21-13-14-9-10-15-5-1-2-6-16(15)11-14/h1-12,21H,13H2,(H,22,23). The molecular formula is C20H16N2O. The lowest BCUT2D eigenvalue weighted by molar-refractivity contribution is 1.13. The number of nitrogens with one attached hydrogen (secondary N) is 2. The molecule has 1 heterocycles. The van der Waals surface area contributed by atoms with Crippen LogP contribution in [0.25, 0.3) is 21.7 Å². The summed E-state index contributed by atoms with van der Waals surface area (Å²) >= 11 is 0. The van der Waals surface area contributed by atoms with Crippen molar-refractivity contribution in [2.45, 2.75) is 6.54 Å². The first-order chi connectivity index (χ1) is 11.3. The first-order valence-electron chi connectivity index (χ1n) is 7.63. The number of hydrogen-bond acceptors (Lipinski definition) is 2. The molecule has 0 saturated carbocycles. The zero-order chi connectivity index (χ0) is 15.6. The van der Waals surface area contributed by atoms with Crippen LogP contribution >= 0.6 is 0 Å². The topological polar surface area (TPSA) is 44.9 Å². The smallest absolute Gasteiger partial charge is 0.271 e. The van der Waals surface area contributed by atoms with Crippen molar-refractivity contribution in [1.29, 1.82) is 0 Å². The van der Waals surface area contributed by atoms with Gasteiger partial charge in [-0.2, -0.15) is 0 Å². The average Bonchev–Trinajstić information content (AvgIpc) is 2.59. The van der Waals surface area contributed by atoms with Gasteiger partial charge in [-0.05, 0) is 34.5 Å². The molecular weight excluding hydrogens is 284 g/mol. The van der Waals surface area contributed by atoms with Crippen LogP contribution in [0, 0.1) is 0 Å². The molecule has 0 spiro atoms. The molecule has 0 atom stereocenters. The van der Waals surface area contributed by atoms with E-state index in [2.05, 4.69) is 40.6 Å². The molecule has 23 heavy (non-hydrogen) atoms. The Labute approximate surface area is 133 Å². The molecule has 0 radical (unpaired) electrons. The Morgan fingerprint density at radius 3 is 2.39 bits per heavy atom. The van der Waals surface area contributed by atoms with Gasteiger partial charge in [0.1, 0.15) is 5.69 Å². The highest BCUT2D eigenvalue weighted by Gasteiger charge is 2.03. The number of para-hydroxylation sites is 1. The van der Waals surface area contributed by atoms with Crippen LogP contribution in [0.15, 0.2) is 77.6 Å². The van der Waals surface area contributed by atoms with Crippen LogP contribution in [-0.4, -0.2) is 4.98 Å². The summed E-state index contributed by atoms with van der Waals surface area (Å²) in [4.78, 5) is 15.1. The molecule has 0 aliphatic heterocycles. The normalized spacial score (nSPS) is 11.0. The Morgan fingerprint density at radius 2 is 1.52 bits per heavy atom. The van der Waals surface area contributed by atoms with Crippen LogP contribution < -0.4 is 10.9 Å². The van der Waals surface area contributed by atoms with Crippen LogP contribution in [0.4, 0.5) is 5.69 Å². The minimum Gasteiger partial charge on any atom is -0.376 e. The third-order valence-electron chi connectivity index (χ3n) is 4.05. The van der Waals surface area contributed by atoms with Gasteiger partial charge in [0.25, 0.3) is 5.56 Å². The molecule has 0 saturated heterocycles. The summed E-state index contributed by atoms with van der Waals surface area (Å²) in [6.45, 7) is 0.617. The van der Waals surface area contributed by atoms with Gasteiger partial charge in [0, 0.05) is 17.4 Å². The van der Waals surface area contributed by atoms with Gasteiger partial charge >= 0.3 is 0 Å². The van der Waals surface area contributed by atoms with E-state index in [0.717, 1.165) is 16.5 Å². The van der Waals surface area contributed by atoms with Crippen molar-refractivity contribution in [3.05, 3.63) is 88.7 Å². The fourth-order valence-electron chi connectivity index (χ4n) is 2.82. The SMILES string of the molecule is O=c1[nH]c2ccccc2cc1NCc1ccc2ccccc2c1. The van der Waals surface area contributed by atoms with E-state index in [1.807, 2.05) is 42.5 Å². The Morgan fingerprint density at radius 1 is 0.783 bits per heavy atom. The quantitative estimate of drug-likeness (QED) is 0.592. The van der Waals surface area contributed by atoms with Crippen molar-refractivity contribution in [3.8, 4) is 0 Å². The first-order valence-corrected chi connectivity index (χ1v) is 7.63. The summed E-state index contributed by atoms with van der Waals surface area (Å²) < 4.78 is 0. The van der Waals surface area contributed by atoms with Crippen molar-refractivity contribution >= 4 is 27.4 Å². The summed E-state index contributed by atoms with van der Waals surface area (Å²) in [5.74, 6) is 0. The number of anilines is 1. The van der Waals surface area contributed by atoms with Crippen molar-refractivity contribution in [1.82, 2.24) is 4.98 Å². The molecule has 1 aromatic heterocycles. The number of benzene rings is 3. The highest BCUT2D eigenvalue weighted by atomic mass is 16.1. The highest BCUT2D eigenvalue weighted by Crippen LogP contribution is 2.17. The Hall–Kier alpha value is -3.07. The number of hydrogen-bond donors (Lipinski definition) is 2. The molecule has 0 bridgehead atoms. The second kappa shape index (κ2) is 5.61. The van der Waals surface area contributed by atoms with Crippen molar-refractivity contribution in [2.75, 3.05) is 5.32 Å². The van der Waals surface area contributed by atoms with Crippen LogP contribution in [0.5, 0.6) is 0 Å². The summed E-state index contributed by atoms with van der Waals surface area (Å²) in [6.07, 6.45) is 0. The highest BCUT2D eigenvalue weighted by molar-refractivity contribution is 5.83. The van der Waals surface area contributed by atoms with Gasteiger partial charge in [0.15, 0.2) is 0 Å². The molecule has 0 aliphatic carbocycles. The van der Waals surface area contributed by atoms with Crippen LogP contribution in [0.1, 0.15) is 5.56 Å². The monoisotopic (exact) mass is 300 g/mol. The molecule has 4 rings (SSSR count). The average molecular weight is 300 g/mol. The van der Waals surface area contributed by atoms with E-state index < -0.39 is 0 Å². The van der Waals surface area contributed by atoms with E-state index in [1.54, 1.807) is 0 Å². The number of fused-ring (bicyclic) bond motifs is 2. The number of aromatic amines is 1. The van der Waals surface area contributed by atoms with E-state index >= 15 is 0 Å². The predicted molar refractivity (Wildman–Crippen MR) is 95.8 cm³/mol. The van der Waals surface area contributed by atoms with E-state index in [0.29, 0.717) is 12.2 Å². The summed E-state index contributed by atoms with van der Waals surface area (Å²) in [7, 11) is 0. The number of rotatable bonds is 3. The molecule has 2 N–H and O–H groups in total. The summed E-state index contributed by atoms with van der Waals surface area (Å²) in [5.41, 5.74) is 2.51. The third kappa shape index (κ3) is 2.69. The number of aromatic nitrogens is 1. The largest absolute Gasteiger partial charge is 0.376 e. The Kier molecular flexibility index (Phi) is 3.31. The van der Waals surface area contributed by atoms with E-state index in [9.17, 15) is 4.79 Å². The Balaban J connectivity index is 1.62. The molecule has 0 fully saturated rings. The lowest BCUT2D eigenvalue weighted by atomic mass is 10.1. The summed E-state index contributed by atoms with van der Waals surface area (Å²) in [6, 6.07) is 24.3. The molecule has 0 aliphatic rings. The lowest BCUT2D eigenvalue weighted by Crippen LogP contribution is -2.13. The van der Waals surface area contributed by atoms with Crippen molar-refractivity contribution < 1.29 is 0 Å². The van der Waals surface area contributed by atoms with Crippen LogP contribution in [-0.2, 0) is 6.54 Å². The zero-order valence-corrected chi connectivity index (χ0v) is 12.5. The van der Waals surface area contributed by atoms with Crippen molar-refractivity contribution in [3.63, 3.8) is 0 Å². The predicted octanol–water partition coefficient (Wildman–Crippen LogP) is 4.29. The van der Waals surface area contributed by atoms with Gasteiger partial charge in [-0.25, -0.2) is 0 Å². The molecule has 112 valence electrons. The maximum absolute atomic E-state index is 12.1. The van der Waals surface area contributed by atoms with Crippen LogP contribution in [0.3, 0.4) is 0 Å². The van der Waals surface area contributed by atoms with E-state index in [4.69, 9.17) is 0 Å². The molecule has 0 amide bonds. The van der Waals surface area contributed by atoms with E-state index in [-0.39, 0.29) is 5.56 Å². The maximum Gasteiger partial charge on any atom is 0.271 e. The van der Waals surface area contributed by atoms with Crippen LogP contribution in [0.2, 0.25) is 0 Å². The fourth-order valence-corrected chi connectivity index (χ4v) is 2.82. The maximum atomic E-state index is 12.1. The lowest BCUT2D eigenvalue weighted by Gasteiger charge is -2.08. The Bertz CT molecular complexity index is 1050. The number of H-pyrrole nitrogens is 1. The second-order valence-corrected chi connectivity index (χ2v) is 5.63. The zero-order valence-electron chi connectivity index (χ0n) is 12.5. The second-order valence-electron chi connectivity index (χ2n) is 5.63. The number of pyridine rings is 1. The van der Waals surface area contributed by atoms with Gasteiger partial charge in [-0.15, -0.1) is 0 Å². The first kappa shape index (κ1) is 13.6. The van der Waals surface area contributed by atoms with Gasteiger partial charge in [0.05, 0.1) is 0 Å². The van der Waals surface area contributed by atoms with Gasteiger partial charge in [-0.3, -0.25) is 4.79 Å². The molecule has 0 unspecified atom stereocenters. The molecule has 3 heteroatoms. The van der Waals surface area contributed by atoms with E-state index in [1.165, 1.54) is 10.8 Å². The van der Waals surface area contributed by atoms with Gasteiger partial charge < -0.3 is 10.3 Å². The molecule has 4 aromatic rings.